The van der Waals surface area contributed by atoms with E-state index in [0.29, 0.717) is 24.6 Å². The molecule has 9 heteroatoms. The molecule has 1 aliphatic rings. The Labute approximate surface area is 153 Å². The molecule has 0 saturated carbocycles. The predicted molar refractivity (Wildman–Crippen MR) is 94.9 cm³/mol. The van der Waals surface area contributed by atoms with Gasteiger partial charge in [0.1, 0.15) is 0 Å². The number of hydrogen-bond donors (Lipinski definition) is 1. The van der Waals surface area contributed by atoms with Gasteiger partial charge >= 0.3 is 0 Å². The summed E-state index contributed by atoms with van der Waals surface area (Å²) in [5, 5.41) is 9.24. The van der Waals surface area contributed by atoms with E-state index in [9.17, 15) is 4.79 Å². The Kier molecular flexibility index (Phi) is 7.01. The average molecular weight is 422 g/mol. The van der Waals surface area contributed by atoms with Gasteiger partial charge in [-0.05, 0) is 35.0 Å². The van der Waals surface area contributed by atoms with E-state index >= 15 is 0 Å². The normalized spacial score (nSPS) is 15.1. The van der Waals surface area contributed by atoms with Crippen LogP contribution in [-0.2, 0) is 11.2 Å². The molecule has 2 aromatic rings. The predicted octanol–water partition coefficient (Wildman–Crippen LogP) is 2.74. The minimum Gasteiger partial charge on any atom is -0.341 e. The fraction of sp³-hybridized carbons (Fsp3) is 0.500. The Morgan fingerprint density at radius 1 is 1.43 bits per heavy atom. The molecule has 2 aromatic heterocycles. The maximum Gasteiger partial charge on any atom is 0.227 e. The van der Waals surface area contributed by atoms with Gasteiger partial charge < -0.3 is 14.7 Å². The third-order valence-electron chi connectivity index (χ3n) is 3.50. The van der Waals surface area contributed by atoms with E-state index < -0.39 is 0 Å². The van der Waals surface area contributed by atoms with Gasteiger partial charge in [0.15, 0.2) is 0 Å². The number of nitrogens with zero attached hydrogens (tertiary/aromatic N) is 3. The smallest absolute Gasteiger partial charge is 0.227 e. The summed E-state index contributed by atoms with van der Waals surface area (Å²) in [7, 11) is 0. The van der Waals surface area contributed by atoms with Gasteiger partial charge in [-0.1, -0.05) is 5.16 Å². The summed E-state index contributed by atoms with van der Waals surface area (Å²) < 4.78 is 6.24. The van der Waals surface area contributed by atoms with Crippen molar-refractivity contribution in [1.29, 1.82) is 0 Å². The summed E-state index contributed by atoms with van der Waals surface area (Å²) in [5.41, 5.74) is 0. The highest BCUT2D eigenvalue weighted by atomic mass is 79.9. The molecule has 0 unspecified atom stereocenters. The van der Waals surface area contributed by atoms with Crippen LogP contribution in [0.2, 0.25) is 0 Å². The first-order chi connectivity index (χ1) is 10.7. The first-order valence-electron chi connectivity index (χ1n) is 7.28. The molecule has 1 saturated heterocycles. The number of carbonyl (C=O) groups excluding carboxylic acids is 1. The number of aryl methyl sites for hydroxylation is 1. The van der Waals surface area contributed by atoms with Crippen molar-refractivity contribution in [2.75, 3.05) is 26.2 Å². The number of amides is 1. The highest BCUT2D eigenvalue weighted by Gasteiger charge is 2.17. The minimum absolute atomic E-state index is 0. The molecule has 0 bridgehead atoms. The number of aromatic nitrogens is 2. The number of rotatable bonds is 4. The van der Waals surface area contributed by atoms with Crippen molar-refractivity contribution in [2.24, 2.45) is 0 Å². The third kappa shape index (κ3) is 5.00. The molecule has 0 spiro atoms. The van der Waals surface area contributed by atoms with Gasteiger partial charge in [0, 0.05) is 42.3 Å². The number of nitrogens with one attached hydrogen (secondary N) is 1. The Hall–Kier alpha value is -0.960. The molecule has 126 valence electrons. The van der Waals surface area contributed by atoms with Crippen molar-refractivity contribution in [2.45, 2.75) is 19.3 Å². The maximum atomic E-state index is 12.2. The molecule has 0 radical (unpaired) electrons. The van der Waals surface area contributed by atoms with Crippen LogP contribution in [0.3, 0.4) is 0 Å². The van der Waals surface area contributed by atoms with Gasteiger partial charge in [0.05, 0.1) is 4.88 Å². The van der Waals surface area contributed by atoms with Crippen LogP contribution in [0, 0.1) is 0 Å². The van der Waals surface area contributed by atoms with E-state index in [0.717, 1.165) is 41.9 Å². The van der Waals surface area contributed by atoms with Crippen LogP contribution < -0.4 is 5.32 Å². The monoisotopic (exact) mass is 420 g/mol. The van der Waals surface area contributed by atoms with E-state index in [2.05, 4.69) is 31.4 Å². The molecular weight excluding hydrogens is 404 g/mol. The molecule has 1 fully saturated rings. The van der Waals surface area contributed by atoms with Gasteiger partial charge in [-0.25, -0.2) is 0 Å². The van der Waals surface area contributed by atoms with Crippen LogP contribution in [0.5, 0.6) is 0 Å². The van der Waals surface area contributed by atoms with Gasteiger partial charge in [0.25, 0.3) is 0 Å². The summed E-state index contributed by atoms with van der Waals surface area (Å²) in [6.07, 6.45) is 1.90. The Morgan fingerprint density at radius 3 is 3.09 bits per heavy atom. The quantitative estimate of drug-likeness (QED) is 0.822. The summed E-state index contributed by atoms with van der Waals surface area (Å²) in [5.74, 6) is 1.25. The van der Waals surface area contributed by atoms with Crippen molar-refractivity contribution in [1.82, 2.24) is 20.4 Å². The van der Waals surface area contributed by atoms with Crippen molar-refractivity contribution < 1.29 is 9.32 Å². The lowest BCUT2D eigenvalue weighted by Crippen LogP contribution is -2.34. The molecule has 0 aliphatic carbocycles. The van der Waals surface area contributed by atoms with Gasteiger partial charge in [-0.15, -0.1) is 23.7 Å². The van der Waals surface area contributed by atoms with E-state index in [4.69, 9.17) is 4.52 Å². The van der Waals surface area contributed by atoms with Crippen molar-refractivity contribution in [3.05, 3.63) is 21.8 Å². The van der Waals surface area contributed by atoms with Crippen LogP contribution in [0.25, 0.3) is 10.7 Å². The summed E-state index contributed by atoms with van der Waals surface area (Å²) in [4.78, 5) is 19.4. The summed E-state index contributed by atoms with van der Waals surface area (Å²) in [6, 6.07) is 1.95. The first-order valence-corrected chi connectivity index (χ1v) is 8.95. The average Bonchev–Trinajstić information content (AvgIpc) is 3.06. The lowest BCUT2D eigenvalue weighted by atomic mass is 10.2. The third-order valence-corrected chi connectivity index (χ3v) is 5.19. The van der Waals surface area contributed by atoms with Gasteiger partial charge in [0.2, 0.25) is 17.6 Å². The molecule has 6 nitrogen and oxygen atoms in total. The number of carbonyl (C=O) groups is 1. The molecule has 0 aromatic carbocycles. The lowest BCUT2D eigenvalue weighted by molar-refractivity contribution is -0.131. The summed E-state index contributed by atoms with van der Waals surface area (Å²) in [6.45, 7) is 3.44. The molecule has 0 atom stereocenters. The van der Waals surface area contributed by atoms with Gasteiger partial charge in [-0.2, -0.15) is 4.98 Å². The second-order valence-electron chi connectivity index (χ2n) is 5.13. The Bertz CT molecular complexity index is 640. The van der Waals surface area contributed by atoms with E-state index in [-0.39, 0.29) is 18.3 Å². The van der Waals surface area contributed by atoms with Gasteiger partial charge in [-0.3, -0.25) is 4.79 Å². The number of halogens is 2. The molecule has 1 amide bonds. The fourth-order valence-electron chi connectivity index (χ4n) is 2.35. The molecule has 3 heterocycles. The molecule has 1 aliphatic heterocycles. The van der Waals surface area contributed by atoms with Crippen LogP contribution in [0.1, 0.15) is 18.7 Å². The minimum atomic E-state index is 0. The molecule has 3 rings (SSSR count). The Balaban J connectivity index is 0.00000192. The van der Waals surface area contributed by atoms with Crippen LogP contribution >= 0.6 is 39.7 Å². The van der Waals surface area contributed by atoms with Crippen LogP contribution in [0.4, 0.5) is 0 Å². The van der Waals surface area contributed by atoms with Crippen LogP contribution in [0.15, 0.2) is 20.4 Å². The first kappa shape index (κ1) is 18.4. The second kappa shape index (κ2) is 8.77. The van der Waals surface area contributed by atoms with E-state index in [1.165, 1.54) is 0 Å². The topological polar surface area (TPSA) is 71.3 Å². The number of hydrogen-bond acceptors (Lipinski definition) is 6. The highest BCUT2D eigenvalue weighted by molar-refractivity contribution is 9.10. The molecular formula is C14H18BrClN4O2S. The molecule has 1 N–H and O–H groups in total. The summed E-state index contributed by atoms with van der Waals surface area (Å²) >= 11 is 4.96. The van der Waals surface area contributed by atoms with E-state index in [1.807, 2.05) is 16.3 Å². The van der Waals surface area contributed by atoms with E-state index in [1.54, 1.807) is 11.3 Å². The lowest BCUT2D eigenvalue weighted by Gasteiger charge is -2.19. The Morgan fingerprint density at radius 2 is 2.30 bits per heavy atom. The van der Waals surface area contributed by atoms with Crippen LogP contribution in [-0.4, -0.2) is 47.1 Å². The standard InChI is InChI=1S/C14H17BrN4O2S.ClH/c15-10-8-11(22-9-10)14-17-12(21-18-14)2-3-13(20)19-6-1-4-16-5-7-19;/h8-9,16H,1-7H2;1H. The SMILES string of the molecule is Cl.O=C(CCc1nc(-c2cc(Br)cs2)no1)N1CCCNCC1. The van der Waals surface area contributed by atoms with Crippen molar-refractivity contribution in [3.8, 4) is 10.7 Å². The zero-order valence-corrected chi connectivity index (χ0v) is 15.7. The molecule has 23 heavy (non-hydrogen) atoms. The van der Waals surface area contributed by atoms with Crippen molar-refractivity contribution >= 4 is 45.6 Å². The zero-order valence-electron chi connectivity index (χ0n) is 12.5. The highest BCUT2D eigenvalue weighted by Crippen LogP contribution is 2.27. The maximum absolute atomic E-state index is 12.2. The zero-order chi connectivity index (χ0) is 15.4. The number of thiophene rings is 1. The fourth-order valence-corrected chi connectivity index (χ4v) is 3.71. The second-order valence-corrected chi connectivity index (χ2v) is 6.95. The van der Waals surface area contributed by atoms with Crippen molar-refractivity contribution in [3.63, 3.8) is 0 Å². The largest absolute Gasteiger partial charge is 0.341 e.